The predicted molar refractivity (Wildman–Crippen MR) is 89.4 cm³/mol. The molecule has 10 heteroatoms. The van der Waals surface area contributed by atoms with Crippen molar-refractivity contribution in [2.75, 3.05) is 13.5 Å². The SMILES string of the molecule is O=C1c2ccccc2C(=O)N1CO[N+](=O)OCN1C(=O)c2ccccc2C1=O. The Hall–Kier alpha value is -4.08. The number of nitrogens with zero attached hydrogens (tertiary/aromatic N) is 3. The third kappa shape index (κ3) is 2.67. The highest BCUT2D eigenvalue weighted by atomic mass is 17.0. The number of rotatable bonds is 6. The Morgan fingerprint density at radius 2 is 0.893 bits per heavy atom. The van der Waals surface area contributed by atoms with E-state index >= 15 is 0 Å². The Morgan fingerprint density at radius 3 is 1.18 bits per heavy atom. The van der Waals surface area contributed by atoms with E-state index < -0.39 is 37.1 Å². The summed E-state index contributed by atoms with van der Waals surface area (Å²) in [7, 11) is 0. The number of hydrogen-bond acceptors (Lipinski definition) is 7. The molecule has 0 fully saturated rings. The summed E-state index contributed by atoms with van der Waals surface area (Å²) in [5.74, 6) is -2.41. The zero-order chi connectivity index (χ0) is 19.8. The number of carbonyl (C=O) groups is 4. The van der Waals surface area contributed by atoms with Gasteiger partial charge >= 0.3 is 5.09 Å². The largest absolute Gasteiger partial charge is 0.481 e. The fraction of sp³-hybridized carbons (Fsp3) is 0.111. The third-order valence-corrected chi connectivity index (χ3v) is 4.34. The normalized spacial score (nSPS) is 15.0. The smallest absolute Gasteiger partial charge is 0.268 e. The minimum absolute atomic E-state index is 0.209. The van der Waals surface area contributed by atoms with Crippen molar-refractivity contribution in [3.8, 4) is 0 Å². The lowest BCUT2D eigenvalue weighted by molar-refractivity contribution is -0.984. The molecule has 0 bridgehead atoms. The van der Waals surface area contributed by atoms with Crippen molar-refractivity contribution in [2.45, 2.75) is 0 Å². The number of carbonyl (C=O) groups excluding carboxylic acids is 4. The lowest BCUT2D eigenvalue weighted by Gasteiger charge is -2.10. The van der Waals surface area contributed by atoms with Crippen molar-refractivity contribution in [3.63, 3.8) is 0 Å². The molecule has 0 N–H and O–H groups in total. The summed E-state index contributed by atoms with van der Waals surface area (Å²) < 4.78 is 0. The van der Waals surface area contributed by atoms with Crippen LogP contribution in [-0.4, -0.2) is 52.0 Å². The van der Waals surface area contributed by atoms with E-state index in [1.54, 1.807) is 24.3 Å². The first-order valence-corrected chi connectivity index (χ1v) is 8.12. The number of benzene rings is 2. The first-order valence-electron chi connectivity index (χ1n) is 8.12. The van der Waals surface area contributed by atoms with Crippen LogP contribution in [0.15, 0.2) is 48.5 Å². The molecule has 10 nitrogen and oxygen atoms in total. The van der Waals surface area contributed by atoms with Crippen LogP contribution < -0.4 is 0 Å². The highest BCUT2D eigenvalue weighted by Gasteiger charge is 2.39. The molecular weight excluding hydrogens is 370 g/mol. The summed E-state index contributed by atoms with van der Waals surface area (Å²) in [6.07, 6.45) is 0. The summed E-state index contributed by atoms with van der Waals surface area (Å²) in [4.78, 5) is 71.2. The van der Waals surface area contributed by atoms with Gasteiger partial charge < -0.3 is 0 Å². The molecule has 0 atom stereocenters. The fourth-order valence-electron chi connectivity index (χ4n) is 2.96. The van der Waals surface area contributed by atoms with Gasteiger partial charge in [-0.1, -0.05) is 24.3 Å². The molecule has 4 rings (SSSR count). The van der Waals surface area contributed by atoms with Crippen LogP contribution in [0.2, 0.25) is 0 Å². The molecule has 2 aromatic rings. The van der Waals surface area contributed by atoms with Gasteiger partial charge in [-0.3, -0.25) is 19.2 Å². The van der Waals surface area contributed by atoms with Crippen molar-refractivity contribution in [1.82, 2.24) is 9.80 Å². The Bertz CT molecular complexity index is 897. The molecule has 2 aromatic carbocycles. The maximum absolute atomic E-state index is 12.2. The molecule has 4 amide bonds. The predicted octanol–water partition coefficient (Wildman–Crippen LogP) is 1.14. The number of amides is 4. The van der Waals surface area contributed by atoms with E-state index in [2.05, 4.69) is 0 Å². The number of fused-ring (bicyclic) bond motifs is 2. The van der Waals surface area contributed by atoms with E-state index in [0.717, 1.165) is 9.80 Å². The van der Waals surface area contributed by atoms with E-state index in [4.69, 9.17) is 9.68 Å². The van der Waals surface area contributed by atoms with Gasteiger partial charge in [-0.2, -0.15) is 9.68 Å². The summed E-state index contributed by atoms with van der Waals surface area (Å²) in [6.45, 7) is -1.37. The van der Waals surface area contributed by atoms with Crippen LogP contribution in [0.4, 0.5) is 0 Å². The Morgan fingerprint density at radius 1 is 0.607 bits per heavy atom. The lowest BCUT2D eigenvalue weighted by atomic mass is 10.1. The molecule has 0 unspecified atom stereocenters. The Kier molecular flexibility index (Phi) is 4.07. The number of imide groups is 2. The second kappa shape index (κ2) is 6.58. The quantitative estimate of drug-likeness (QED) is 0.544. The average Bonchev–Trinajstić information content (AvgIpc) is 3.10. The second-order valence-electron chi connectivity index (χ2n) is 5.91. The van der Waals surface area contributed by atoms with Gasteiger partial charge in [0.2, 0.25) is 0 Å². The van der Waals surface area contributed by atoms with Crippen molar-refractivity contribution in [1.29, 1.82) is 0 Å². The molecule has 2 heterocycles. The minimum atomic E-state index is -0.683. The van der Waals surface area contributed by atoms with Crippen LogP contribution in [-0.2, 0) is 9.68 Å². The van der Waals surface area contributed by atoms with Crippen molar-refractivity contribution in [3.05, 3.63) is 75.7 Å². The molecule has 0 radical (unpaired) electrons. The summed E-state index contributed by atoms with van der Waals surface area (Å²) in [6, 6.07) is 12.4. The van der Waals surface area contributed by atoms with Gasteiger partial charge in [0.15, 0.2) is 0 Å². The van der Waals surface area contributed by atoms with Crippen molar-refractivity contribution < 1.29 is 33.9 Å². The van der Waals surface area contributed by atoms with E-state index in [1.807, 2.05) is 0 Å². The van der Waals surface area contributed by atoms with Gasteiger partial charge in [-0.05, 0) is 24.3 Å². The number of hydrogen-bond donors (Lipinski definition) is 0. The van der Waals surface area contributed by atoms with Crippen molar-refractivity contribution >= 4 is 23.6 Å². The molecule has 140 valence electrons. The highest BCUT2D eigenvalue weighted by molar-refractivity contribution is 6.21. The van der Waals surface area contributed by atoms with Gasteiger partial charge in [-0.25, -0.2) is 9.80 Å². The van der Waals surface area contributed by atoms with Crippen LogP contribution in [0.5, 0.6) is 0 Å². The first-order chi connectivity index (χ1) is 13.5. The maximum Gasteiger partial charge on any atom is 0.481 e. The van der Waals surface area contributed by atoms with Crippen LogP contribution in [0.1, 0.15) is 41.4 Å². The molecule has 0 saturated carbocycles. The Labute approximate surface area is 157 Å². The molecule has 2 aliphatic rings. The zero-order valence-corrected chi connectivity index (χ0v) is 14.2. The molecular formula is C18H12N3O7+. The van der Waals surface area contributed by atoms with E-state index in [9.17, 15) is 24.1 Å². The highest BCUT2D eigenvalue weighted by Crippen LogP contribution is 2.23. The molecule has 0 saturated heterocycles. The summed E-state index contributed by atoms with van der Waals surface area (Å²) >= 11 is 0. The monoisotopic (exact) mass is 382 g/mol. The van der Waals surface area contributed by atoms with Gasteiger partial charge in [-0.15, -0.1) is 0 Å². The zero-order valence-electron chi connectivity index (χ0n) is 14.2. The fourth-order valence-corrected chi connectivity index (χ4v) is 2.96. The van der Waals surface area contributed by atoms with Crippen LogP contribution >= 0.6 is 0 Å². The van der Waals surface area contributed by atoms with Crippen LogP contribution in [0, 0.1) is 4.91 Å². The van der Waals surface area contributed by atoms with Gasteiger partial charge in [0.25, 0.3) is 37.1 Å². The average molecular weight is 382 g/mol. The standard InChI is InChI=1S/C18H12N3O7/c22-15-11-5-1-2-6-12(11)16(23)19(15)9-27-21(26)28-10-20-17(24)13-7-3-4-8-14(13)18(20)25/h1-8H,9-10H2/q+1. The second-order valence-corrected chi connectivity index (χ2v) is 5.91. The summed E-state index contributed by atoms with van der Waals surface area (Å²) in [5.41, 5.74) is 0.835. The van der Waals surface area contributed by atoms with Gasteiger partial charge in [0.1, 0.15) is 4.91 Å². The molecule has 2 aliphatic heterocycles. The molecule has 0 aromatic heterocycles. The molecule has 0 spiro atoms. The van der Waals surface area contributed by atoms with E-state index in [1.165, 1.54) is 24.3 Å². The van der Waals surface area contributed by atoms with Crippen LogP contribution in [0.3, 0.4) is 0 Å². The maximum atomic E-state index is 12.2. The first kappa shape index (κ1) is 17.3. The van der Waals surface area contributed by atoms with E-state index in [0.29, 0.717) is 0 Å². The Balaban J connectivity index is 1.33. The van der Waals surface area contributed by atoms with E-state index in [-0.39, 0.29) is 27.3 Å². The van der Waals surface area contributed by atoms with Crippen molar-refractivity contribution in [2.24, 2.45) is 0 Å². The van der Waals surface area contributed by atoms with Gasteiger partial charge in [0, 0.05) is 0 Å². The lowest BCUT2D eigenvalue weighted by Crippen LogP contribution is -2.36. The van der Waals surface area contributed by atoms with Gasteiger partial charge in [0.05, 0.1) is 22.3 Å². The third-order valence-electron chi connectivity index (χ3n) is 4.34. The summed E-state index contributed by atoms with van der Waals surface area (Å²) in [5, 5.41) is -0.354. The molecule has 28 heavy (non-hydrogen) atoms. The molecule has 0 aliphatic carbocycles. The van der Waals surface area contributed by atoms with Crippen LogP contribution in [0.25, 0.3) is 0 Å². The minimum Gasteiger partial charge on any atom is -0.268 e. The topological polar surface area (TPSA) is 113 Å².